The van der Waals surface area contributed by atoms with Crippen molar-refractivity contribution < 1.29 is 9.47 Å². The fraction of sp³-hybridized carbons (Fsp3) is 0.0769. The maximum atomic E-state index is 7.02. The standard InChI is InChI=1S/C52H38N2O2Si/c1-31-13-19-42-38(25-31)39-26-32(2)14-20-43(39)53(42)35-17-23-50-48(29-35)55-46-11-8-12-47-52(46)57(50,37-9-6-5-7-10-37)51-24-18-36(30-49(51)56-47)54-44-21-15-33(3)27-40(44)41-28-34(4)16-22-45(41)54/h5-30H,1-4H3. The summed E-state index contributed by atoms with van der Waals surface area (Å²) in [5, 5.41) is 9.98. The zero-order chi connectivity index (χ0) is 38.2. The van der Waals surface area contributed by atoms with Crippen molar-refractivity contribution in [2.75, 3.05) is 0 Å². The Bertz CT molecular complexity index is 3040. The number of rotatable bonds is 3. The van der Waals surface area contributed by atoms with Crippen LogP contribution in [0.1, 0.15) is 22.3 Å². The number of aryl methyl sites for hydroxylation is 4. The average molecular weight is 751 g/mol. The fourth-order valence-corrected chi connectivity index (χ4v) is 15.1. The third kappa shape index (κ3) is 4.43. The number of nitrogens with zero attached hydrogens (tertiary/aromatic N) is 2. The second-order valence-electron chi connectivity index (χ2n) is 16.1. The van der Waals surface area contributed by atoms with Crippen LogP contribution in [0.5, 0.6) is 23.0 Å². The van der Waals surface area contributed by atoms with Crippen LogP contribution in [-0.4, -0.2) is 17.2 Å². The minimum Gasteiger partial charge on any atom is -0.457 e. The van der Waals surface area contributed by atoms with Gasteiger partial charge in [-0.2, -0.15) is 0 Å². The zero-order valence-corrected chi connectivity index (χ0v) is 33.2. The molecule has 57 heavy (non-hydrogen) atoms. The lowest BCUT2D eigenvalue weighted by Crippen LogP contribution is -2.77. The second-order valence-corrected chi connectivity index (χ2v) is 19.7. The van der Waals surface area contributed by atoms with E-state index < -0.39 is 8.07 Å². The number of aromatic nitrogens is 2. The molecule has 8 aromatic carbocycles. The molecule has 4 nitrogen and oxygen atoms in total. The maximum Gasteiger partial charge on any atom is 0.197 e. The summed E-state index contributed by atoms with van der Waals surface area (Å²) in [5.41, 5.74) is 11.9. The lowest BCUT2D eigenvalue weighted by Gasteiger charge is -2.43. The van der Waals surface area contributed by atoms with Crippen LogP contribution in [0.2, 0.25) is 0 Å². The van der Waals surface area contributed by atoms with Crippen molar-refractivity contribution in [1.82, 2.24) is 9.13 Å². The molecule has 2 aliphatic heterocycles. The molecule has 2 aromatic heterocycles. The highest BCUT2D eigenvalue weighted by atomic mass is 28.3. The minimum absolute atomic E-state index is 0.865. The number of hydrogen-bond acceptors (Lipinski definition) is 2. The van der Waals surface area contributed by atoms with Gasteiger partial charge in [-0.25, -0.2) is 0 Å². The number of benzene rings is 8. The highest BCUT2D eigenvalue weighted by Crippen LogP contribution is 2.42. The van der Waals surface area contributed by atoms with Gasteiger partial charge in [-0.1, -0.05) is 95.1 Å². The van der Waals surface area contributed by atoms with Crippen molar-refractivity contribution in [2.45, 2.75) is 27.7 Å². The predicted molar refractivity (Wildman–Crippen MR) is 238 cm³/mol. The van der Waals surface area contributed by atoms with Crippen molar-refractivity contribution in [1.29, 1.82) is 0 Å². The lowest BCUT2D eigenvalue weighted by molar-refractivity contribution is 0.463. The van der Waals surface area contributed by atoms with Gasteiger partial charge in [-0.15, -0.1) is 0 Å². The second kappa shape index (κ2) is 11.6. The molecule has 0 spiro atoms. The Balaban J connectivity index is 1.12. The first-order valence-corrected chi connectivity index (χ1v) is 21.7. The third-order valence-electron chi connectivity index (χ3n) is 12.4. The molecule has 10 aromatic rings. The van der Waals surface area contributed by atoms with E-state index in [0.717, 1.165) is 34.4 Å². The smallest absolute Gasteiger partial charge is 0.197 e. The van der Waals surface area contributed by atoms with Crippen molar-refractivity contribution in [3.63, 3.8) is 0 Å². The van der Waals surface area contributed by atoms with Gasteiger partial charge in [0.2, 0.25) is 0 Å². The van der Waals surface area contributed by atoms with Gasteiger partial charge in [0.05, 0.1) is 22.1 Å². The fourth-order valence-electron chi connectivity index (χ4n) is 9.99. The number of ether oxygens (including phenoxy) is 2. The average Bonchev–Trinajstić information content (AvgIpc) is 3.71. The van der Waals surface area contributed by atoms with Crippen molar-refractivity contribution >= 4 is 72.4 Å². The number of hydrogen-bond donors (Lipinski definition) is 0. The van der Waals surface area contributed by atoms with Crippen molar-refractivity contribution in [3.8, 4) is 34.4 Å². The van der Waals surface area contributed by atoms with Gasteiger partial charge in [0.25, 0.3) is 0 Å². The summed E-state index contributed by atoms with van der Waals surface area (Å²) in [6.45, 7) is 8.68. The summed E-state index contributed by atoms with van der Waals surface area (Å²) < 4.78 is 18.8. The molecular weight excluding hydrogens is 713 g/mol. The van der Waals surface area contributed by atoms with Crippen LogP contribution in [-0.2, 0) is 0 Å². The molecule has 272 valence electrons. The normalized spacial score (nSPS) is 13.7. The molecule has 0 bridgehead atoms. The number of fused-ring (bicyclic) bond motifs is 10. The molecule has 12 rings (SSSR count). The quantitative estimate of drug-likeness (QED) is 0.168. The maximum absolute atomic E-state index is 7.02. The summed E-state index contributed by atoms with van der Waals surface area (Å²) in [5.74, 6) is 3.52. The molecule has 2 aliphatic rings. The van der Waals surface area contributed by atoms with E-state index >= 15 is 0 Å². The first kappa shape index (κ1) is 32.4. The molecule has 0 saturated heterocycles. The molecular formula is C52H38N2O2Si. The summed E-state index contributed by atoms with van der Waals surface area (Å²) in [6, 6.07) is 58.4. The molecule has 0 amide bonds. The molecule has 5 heteroatoms. The highest BCUT2D eigenvalue weighted by molar-refractivity contribution is 7.21. The van der Waals surface area contributed by atoms with E-state index in [2.05, 4.69) is 195 Å². The summed E-state index contributed by atoms with van der Waals surface area (Å²) >= 11 is 0. The van der Waals surface area contributed by atoms with Gasteiger partial charge in [-0.3, -0.25) is 0 Å². The molecule has 0 saturated carbocycles. The Hall–Kier alpha value is -6.82. The first-order chi connectivity index (χ1) is 27.9. The Labute approximate surface area is 331 Å². The van der Waals surface area contributed by atoms with E-state index in [1.54, 1.807) is 0 Å². The van der Waals surface area contributed by atoms with E-state index in [-0.39, 0.29) is 0 Å². The van der Waals surface area contributed by atoms with Gasteiger partial charge in [0.1, 0.15) is 23.0 Å². The lowest BCUT2D eigenvalue weighted by atomic mass is 10.1. The monoisotopic (exact) mass is 750 g/mol. The van der Waals surface area contributed by atoms with E-state index in [0.29, 0.717) is 0 Å². The largest absolute Gasteiger partial charge is 0.457 e. The van der Waals surface area contributed by atoms with E-state index in [1.807, 2.05) is 0 Å². The molecule has 0 unspecified atom stereocenters. The molecule has 0 radical (unpaired) electrons. The van der Waals surface area contributed by atoms with Crippen LogP contribution in [0, 0.1) is 27.7 Å². The molecule has 0 N–H and O–H groups in total. The Morgan fingerprint density at radius 3 is 1.18 bits per heavy atom. The van der Waals surface area contributed by atoms with Crippen LogP contribution >= 0.6 is 0 Å². The minimum atomic E-state index is -2.98. The van der Waals surface area contributed by atoms with Crippen LogP contribution < -0.4 is 30.2 Å². The van der Waals surface area contributed by atoms with Crippen molar-refractivity contribution in [2.24, 2.45) is 0 Å². The molecule has 0 fully saturated rings. The van der Waals surface area contributed by atoms with Gasteiger partial charge in [0.15, 0.2) is 8.07 Å². The third-order valence-corrected chi connectivity index (χ3v) is 17.3. The van der Waals surface area contributed by atoms with Gasteiger partial charge >= 0.3 is 0 Å². The van der Waals surface area contributed by atoms with E-state index in [4.69, 9.17) is 9.47 Å². The molecule has 4 heterocycles. The van der Waals surface area contributed by atoms with Gasteiger partial charge in [-0.05, 0) is 116 Å². The van der Waals surface area contributed by atoms with Crippen LogP contribution in [0.3, 0.4) is 0 Å². The summed E-state index contributed by atoms with van der Waals surface area (Å²) in [6.07, 6.45) is 0. The summed E-state index contributed by atoms with van der Waals surface area (Å²) in [7, 11) is -2.98. The molecule has 0 aliphatic carbocycles. The molecule has 0 atom stereocenters. The van der Waals surface area contributed by atoms with Gasteiger partial charge in [0, 0.05) is 50.2 Å². The Kier molecular flexibility index (Phi) is 6.60. The topological polar surface area (TPSA) is 28.3 Å². The van der Waals surface area contributed by atoms with Crippen LogP contribution in [0.15, 0.2) is 158 Å². The van der Waals surface area contributed by atoms with Gasteiger partial charge < -0.3 is 18.6 Å². The van der Waals surface area contributed by atoms with E-state index in [9.17, 15) is 0 Å². The Morgan fingerprint density at radius 1 is 0.368 bits per heavy atom. The predicted octanol–water partition coefficient (Wildman–Crippen LogP) is 10.7. The van der Waals surface area contributed by atoms with Crippen LogP contribution in [0.25, 0.3) is 55.0 Å². The Morgan fingerprint density at radius 2 is 0.772 bits per heavy atom. The van der Waals surface area contributed by atoms with Crippen LogP contribution in [0.4, 0.5) is 0 Å². The summed E-state index contributed by atoms with van der Waals surface area (Å²) in [4.78, 5) is 0. The van der Waals surface area contributed by atoms with E-state index in [1.165, 1.54) is 86.6 Å². The SMILES string of the molecule is Cc1ccc2c(c1)c1cc(C)ccc1n2-c1ccc2c(c1)Oc1cccc3c1[Si]2(c1ccccc1)c1ccc(-n2c4ccc(C)cc4c4cc(C)ccc42)cc1O3. The highest BCUT2D eigenvalue weighted by Gasteiger charge is 2.53. The van der Waals surface area contributed by atoms with Crippen molar-refractivity contribution in [3.05, 3.63) is 180 Å². The first-order valence-electron chi connectivity index (χ1n) is 19.7. The zero-order valence-electron chi connectivity index (χ0n) is 32.2.